The third-order valence-corrected chi connectivity index (χ3v) is 2.26. The van der Waals surface area contributed by atoms with Crippen LogP contribution >= 0.6 is 0 Å². The highest BCUT2D eigenvalue weighted by Gasteiger charge is 2.22. The minimum absolute atomic E-state index is 0.0959. The Bertz CT molecular complexity index is 315. The first-order chi connectivity index (χ1) is 6.91. The first-order valence-corrected chi connectivity index (χ1v) is 5.00. The van der Waals surface area contributed by atoms with E-state index in [1.165, 1.54) is 0 Å². The molecule has 0 radical (unpaired) electrons. The predicted octanol–water partition coefficient (Wildman–Crippen LogP) is 2.18. The average molecular weight is 210 g/mol. The first kappa shape index (κ1) is 11.9. The van der Waals surface area contributed by atoms with Crippen molar-refractivity contribution in [1.82, 2.24) is 0 Å². The van der Waals surface area contributed by atoms with E-state index in [0.29, 0.717) is 5.75 Å². The molecule has 84 valence electrons. The van der Waals surface area contributed by atoms with E-state index in [2.05, 4.69) is 0 Å². The van der Waals surface area contributed by atoms with Gasteiger partial charge in [0.25, 0.3) is 0 Å². The molecule has 0 fully saturated rings. The quantitative estimate of drug-likeness (QED) is 0.804. The molecule has 1 rings (SSSR count). The molecule has 0 aliphatic heterocycles. The molecule has 1 aromatic carbocycles. The van der Waals surface area contributed by atoms with Crippen molar-refractivity contribution in [2.75, 3.05) is 6.61 Å². The summed E-state index contributed by atoms with van der Waals surface area (Å²) in [6.07, 6.45) is -0.558. The summed E-state index contributed by atoms with van der Waals surface area (Å²) in [5.74, 6) is 0.499. The molecule has 1 aromatic rings. The lowest BCUT2D eigenvalue weighted by atomic mass is 9.90. The van der Waals surface area contributed by atoms with Gasteiger partial charge in [-0.3, -0.25) is 0 Å². The van der Waals surface area contributed by atoms with Crippen LogP contribution in [0.5, 0.6) is 11.5 Å². The average Bonchev–Trinajstić information content (AvgIpc) is 2.14. The van der Waals surface area contributed by atoms with Gasteiger partial charge in [-0.15, -0.1) is 0 Å². The van der Waals surface area contributed by atoms with Gasteiger partial charge in [-0.1, -0.05) is 32.9 Å². The second kappa shape index (κ2) is 4.53. The Hall–Kier alpha value is -1.22. The third-order valence-electron chi connectivity index (χ3n) is 2.26. The normalized spacial score (nSPS) is 13.6. The molecule has 0 aliphatic carbocycles. The Morgan fingerprint density at radius 3 is 2.40 bits per heavy atom. The Morgan fingerprint density at radius 2 is 1.87 bits per heavy atom. The maximum absolute atomic E-state index is 9.73. The molecule has 0 saturated carbocycles. The highest BCUT2D eigenvalue weighted by molar-refractivity contribution is 5.37. The molecule has 0 spiro atoms. The second-order valence-electron chi connectivity index (χ2n) is 4.66. The Labute approximate surface area is 90.3 Å². The number of para-hydroxylation sites is 2. The van der Waals surface area contributed by atoms with E-state index in [1.807, 2.05) is 20.8 Å². The SMILES string of the molecule is CC(C)(C)C(O)COc1ccccc1O. The molecule has 0 aliphatic rings. The van der Waals surface area contributed by atoms with E-state index in [4.69, 9.17) is 4.74 Å². The lowest BCUT2D eigenvalue weighted by Crippen LogP contribution is -2.31. The minimum atomic E-state index is -0.558. The molecule has 0 heterocycles. The summed E-state index contributed by atoms with van der Waals surface area (Å²) < 4.78 is 5.33. The van der Waals surface area contributed by atoms with Gasteiger partial charge in [0.1, 0.15) is 6.61 Å². The molecular formula is C12H18O3. The minimum Gasteiger partial charge on any atom is -0.504 e. The zero-order valence-corrected chi connectivity index (χ0v) is 9.40. The van der Waals surface area contributed by atoms with E-state index in [9.17, 15) is 10.2 Å². The molecule has 0 saturated heterocycles. The fraction of sp³-hybridized carbons (Fsp3) is 0.500. The second-order valence-corrected chi connectivity index (χ2v) is 4.66. The lowest BCUT2D eigenvalue weighted by molar-refractivity contribution is 0.0211. The van der Waals surface area contributed by atoms with Crippen LogP contribution in [0.4, 0.5) is 0 Å². The number of aliphatic hydroxyl groups excluding tert-OH is 1. The van der Waals surface area contributed by atoms with Crippen molar-refractivity contribution in [2.45, 2.75) is 26.9 Å². The molecule has 3 nitrogen and oxygen atoms in total. The molecule has 0 amide bonds. The summed E-state index contributed by atoms with van der Waals surface area (Å²) in [6.45, 7) is 5.99. The summed E-state index contributed by atoms with van der Waals surface area (Å²) in [5.41, 5.74) is -0.218. The number of rotatable bonds is 3. The number of phenolic OH excluding ortho intramolecular Hbond substituents is 1. The van der Waals surface area contributed by atoms with Crippen LogP contribution < -0.4 is 4.74 Å². The predicted molar refractivity (Wildman–Crippen MR) is 59.1 cm³/mol. The van der Waals surface area contributed by atoms with Crippen molar-refractivity contribution in [1.29, 1.82) is 0 Å². The monoisotopic (exact) mass is 210 g/mol. The zero-order chi connectivity index (χ0) is 11.5. The smallest absolute Gasteiger partial charge is 0.161 e. The van der Waals surface area contributed by atoms with Crippen molar-refractivity contribution >= 4 is 0 Å². The van der Waals surface area contributed by atoms with Gasteiger partial charge in [-0.25, -0.2) is 0 Å². The van der Waals surface area contributed by atoms with Gasteiger partial charge >= 0.3 is 0 Å². The number of hydrogen-bond acceptors (Lipinski definition) is 3. The van der Waals surface area contributed by atoms with Crippen LogP contribution in [-0.4, -0.2) is 22.9 Å². The lowest BCUT2D eigenvalue weighted by Gasteiger charge is -2.25. The topological polar surface area (TPSA) is 49.7 Å². The van der Waals surface area contributed by atoms with Gasteiger partial charge in [-0.05, 0) is 17.5 Å². The molecule has 0 bridgehead atoms. The van der Waals surface area contributed by atoms with Crippen molar-refractivity contribution in [3.8, 4) is 11.5 Å². The third kappa shape index (κ3) is 3.44. The summed E-state index contributed by atoms with van der Waals surface area (Å²) in [6, 6.07) is 6.73. The number of aromatic hydroxyl groups is 1. The van der Waals surface area contributed by atoms with Crippen molar-refractivity contribution in [2.24, 2.45) is 5.41 Å². The Kier molecular flexibility index (Phi) is 3.58. The van der Waals surface area contributed by atoms with E-state index < -0.39 is 6.10 Å². The van der Waals surface area contributed by atoms with Crippen LogP contribution in [0.25, 0.3) is 0 Å². The van der Waals surface area contributed by atoms with E-state index in [1.54, 1.807) is 24.3 Å². The maximum Gasteiger partial charge on any atom is 0.161 e. The Morgan fingerprint density at radius 1 is 1.27 bits per heavy atom. The Balaban J connectivity index is 2.55. The van der Waals surface area contributed by atoms with Crippen LogP contribution in [0.1, 0.15) is 20.8 Å². The van der Waals surface area contributed by atoms with Crippen LogP contribution in [0.3, 0.4) is 0 Å². The van der Waals surface area contributed by atoms with Gasteiger partial charge in [0, 0.05) is 0 Å². The van der Waals surface area contributed by atoms with Crippen molar-refractivity contribution < 1.29 is 14.9 Å². The molecule has 3 heteroatoms. The maximum atomic E-state index is 9.73. The standard InChI is InChI=1S/C12H18O3/c1-12(2,3)11(14)8-15-10-7-5-4-6-9(10)13/h4-7,11,13-14H,8H2,1-3H3. The largest absolute Gasteiger partial charge is 0.504 e. The fourth-order valence-corrected chi connectivity index (χ4v) is 0.998. The van der Waals surface area contributed by atoms with Crippen molar-refractivity contribution in [3.63, 3.8) is 0 Å². The van der Waals surface area contributed by atoms with Crippen molar-refractivity contribution in [3.05, 3.63) is 24.3 Å². The molecule has 1 unspecified atom stereocenters. The van der Waals surface area contributed by atoms with Gasteiger partial charge in [0.15, 0.2) is 11.5 Å². The van der Waals surface area contributed by atoms with Crippen LogP contribution in [0, 0.1) is 5.41 Å². The highest BCUT2D eigenvalue weighted by atomic mass is 16.5. The first-order valence-electron chi connectivity index (χ1n) is 5.00. The molecular weight excluding hydrogens is 192 g/mol. The molecule has 2 N–H and O–H groups in total. The van der Waals surface area contributed by atoms with Gasteiger partial charge in [0.05, 0.1) is 6.10 Å². The number of ether oxygens (including phenoxy) is 1. The molecule has 0 aromatic heterocycles. The zero-order valence-electron chi connectivity index (χ0n) is 9.40. The van der Waals surface area contributed by atoms with Crippen LogP contribution in [0.2, 0.25) is 0 Å². The van der Waals surface area contributed by atoms with Gasteiger partial charge in [-0.2, -0.15) is 0 Å². The molecule has 15 heavy (non-hydrogen) atoms. The van der Waals surface area contributed by atoms with E-state index >= 15 is 0 Å². The van der Waals surface area contributed by atoms with Crippen LogP contribution in [0.15, 0.2) is 24.3 Å². The van der Waals surface area contributed by atoms with E-state index in [0.717, 1.165) is 0 Å². The summed E-state index contributed by atoms with van der Waals surface area (Å²) in [7, 11) is 0. The van der Waals surface area contributed by atoms with Gasteiger partial charge in [0.2, 0.25) is 0 Å². The fourth-order valence-electron chi connectivity index (χ4n) is 0.998. The summed E-state index contributed by atoms with van der Waals surface area (Å²) >= 11 is 0. The summed E-state index contributed by atoms with van der Waals surface area (Å²) in [4.78, 5) is 0. The highest BCUT2D eigenvalue weighted by Crippen LogP contribution is 2.26. The van der Waals surface area contributed by atoms with Gasteiger partial charge < -0.3 is 14.9 Å². The molecule has 1 atom stereocenters. The van der Waals surface area contributed by atoms with Crippen LogP contribution in [-0.2, 0) is 0 Å². The number of phenols is 1. The number of aliphatic hydroxyl groups is 1. The summed E-state index contributed by atoms with van der Waals surface area (Å²) in [5, 5.41) is 19.2. The number of hydrogen-bond donors (Lipinski definition) is 2. The van der Waals surface area contributed by atoms with E-state index in [-0.39, 0.29) is 17.8 Å². The number of benzene rings is 1.